The molecule has 1 saturated heterocycles. The van der Waals surface area contributed by atoms with Crippen LogP contribution in [0.2, 0.25) is 0 Å². The summed E-state index contributed by atoms with van der Waals surface area (Å²) in [5.74, 6) is -1.19. The van der Waals surface area contributed by atoms with Gasteiger partial charge in [-0.15, -0.1) is 0 Å². The fraction of sp³-hybridized carbons (Fsp3) is 0.381. The average molecular weight is 420 g/mol. The van der Waals surface area contributed by atoms with Crippen molar-refractivity contribution in [1.82, 2.24) is 9.21 Å². The van der Waals surface area contributed by atoms with Crippen molar-refractivity contribution in [1.29, 1.82) is 0 Å². The van der Waals surface area contributed by atoms with Gasteiger partial charge in [0.25, 0.3) is 5.91 Å². The van der Waals surface area contributed by atoms with E-state index in [1.807, 2.05) is 30.3 Å². The van der Waals surface area contributed by atoms with Crippen LogP contribution in [0.4, 0.5) is 10.1 Å². The Hall–Kier alpha value is -2.45. The largest absolute Gasteiger partial charge is 0.368 e. The van der Waals surface area contributed by atoms with E-state index in [2.05, 4.69) is 4.90 Å². The molecule has 2 aromatic rings. The topological polar surface area (TPSA) is 60.9 Å². The van der Waals surface area contributed by atoms with Crippen LogP contribution in [-0.4, -0.2) is 62.8 Å². The lowest BCUT2D eigenvalue weighted by Gasteiger charge is -2.36. The Kier molecular flexibility index (Phi) is 6.54. The van der Waals surface area contributed by atoms with Crippen LogP contribution < -0.4 is 4.90 Å². The Balaban J connectivity index is 1.78. The molecule has 0 radical (unpaired) electrons. The number of rotatable bonds is 6. The number of amides is 1. The summed E-state index contributed by atoms with van der Waals surface area (Å²) >= 11 is 0. The lowest BCUT2D eigenvalue weighted by atomic mass is 10.1. The molecule has 1 heterocycles. The van der Waals surface area contributed by atoms with Gasteiger partial charge in [0.15, 0.2) is 0 Å². The van der Waals surface area contributed by atoms with E-state index >= 15 is 0 Å². The molecule has 0 N–H and O–H groups in total. The normalized spacial score (nSPS) is 15.0. The first-order valence-electron chi connectivity index (χ1n) is 9.77. The zero-order chi connectivity index (χ0) is 21.0. The predicted octanol–water partition coefficient (Wildman–Crippen LogP) is 2.82. The van der Waals surface area contributed by atoms with Crippen LogP contribution in [0.15, 0.2) is 53.4 Å². The fourth-order valence-corrected chi connectivity index (χ4v) is 5.00. The number of para-hydroxylation sites is 1. The third-order valence-corrected chi connectivity index (χ3v) is 7.25. The molecule has 0 bridgehead atoms. The van der Waals surface area contributed by atoms with Gasteiger partial charge in [-0.25, -0.2) is 12.8 Å². The van der Waals surface area contributed by atoms with Gasteiger partial charge in [0.2, 0.25) is 10.0 Å². The molecular weight excluding hydrogens is 393 g/mol. The van der Waals surface area contributed by atoms with Gasteiger partial charge in [-0.3, -0.25) is 4.79 Å². The first-order chi connectivity index (χ1) is 13.9. The average Bonchev–Trinajstić information content (AvgIpc) is 2.75. The summed E-state index contributed by atoms with van der Waals surface area (Å²) in [7, 11) is -3.76. The van der Waals surface area contributed by atoms with Crippen LogP contribution in [0.5, 0.6) is 0 Å². The number of nitrogens with zero attached hydrogens (tertiary/aromatic N) is 3. The standard InChI is InChI=1S/C21H26FN3O3S/c1-3-25(4-2)29(27,28)18-10-11-20(22)19(16-18)21(26)24-14-12-23(13-15-24)17-8-6-5-7-9-17/h5-11,16H,3-4,12-15H2,1-2H3. The van der Waals surface area contributed by atoms with Crippen molar-refractivity contribution in [2.75, 3.05) is 44.2 Å². The van der Waals surface area contributed by atoms with Gasteiger partial charge in [0.1, 0.15) is 5.82 Å². The van der Waals surface area contributed by atoms with Crippen molar-refractivity contribution in [2.24, 2.45) is 0 Å². The third kappa shape index (κ3) is 4.43. The Morgan fingerprint density at radius 1 is 1.00 bits per heavy atom. The highest BCUT2D eigenvalue weighted by molar-refractivity contribution is 7.89. The number of piperazine rings is 1. The van der Waals surface area contributed by atoms with Crippen LogP contribution in [0, 0.1) is 5.82 Å². The second-order valence-corrected chi connectivity index (χ2v) is 8.78. The zero-order valence-corrected chi connectivity index (χ0v) is 17.5. The highest BCUT2D eigenvalue weighted by Crippen LogP contribution is 2.22. The number of benzene rings is 2. The highest BCUT2D eigenvalue weighted by atomic mass is 32.2. The molecule has 1 fully saturated rings. The van der Waals surface area contributed by atoms with Gasteiger partial charge in [-0.2, -0.15) is 4.31 Å². The maximum Gasteiger partial charge on any atom is 0.256 e. The van der Waals surface area contributed by atoms with Crippen molar-refractivity contribution >= 4 is 21.6 Å². The van der Waals surface area contributed by atoms with Crippen molar-refractivity contribution in [3.05, 3.63) is 59.9 Å². The predicted molar refractivity (Wildman–Crippen MR) is 111 cm³/mol. The molecule has 1 aliphatic heterocycles. The Bertz CT molecular complexity index is 954. The zero-order valence-electron chi connectivity index (χ0n) is 16.7. The maximum absolute atomic E-state index is 14.4. The van der Waals surface area contributed by atoms with E-state index in [9.17, 15) is 17.6 Å². The third-order valence-electron chi connectivity index (χ3n) is 5.20. The second kappa shape index (κ2) is 8.92. The van der Waals surface area contributed by atoms with Crippen molar-refractivity contribution in [3.63, 3.8) is 0 Å². The number of halogens is 1. The highest BCUT2D eigenvalue weighted by Gasteiger charge is 2.28. The molecule has 8 heteroatoms. The second-order valence-electron chi connectivity index (χ2n) is 6.85. The van der Waals surface area contributed by atoms with Crippen molar-refractivity contribution in [3.8, 4) is 0 Å². The number of hydrogen-bond donors (Lipinski definition) is 0. The first kappa shape index (κ1) is 21.3. The summed E-state index contributed by atoms with van der Waals surface area (Å²) < 4.78 is 41.1. The van der Waals surface area contributed by atoms with Gasteiger partial charge in [0.05, 0.1) is 10.5 Å². The van der Waals surface area contributed by atoms with E-state index in [0.717, 1.165) is 17.8 Å². The molecule has 2 aromatic carbocycles. The van der Waals surface area contributed by atoms with Crippen molar-refractivity contribution in [2.45, 2.75) is 18.7 Å². The van der Waals surface area contributed by atoms with Crippen LogP contribution in [0.3, 0.4) is 0 Å². The number of carbonyl (C=O) groups is 1. The van der Waals surface area contributed by atoms with E-state index in [0.29, 0.717) is 39.3 Å². The molecule has 0 spiro atoms. The summed E-state index contributed by atoms with van der Waals surface area (Å²) in [6, 6.07) is 13.3. The van der Waals surface area contributed by atoms with Crippen LogP contribution in [0.25, 0.3) is 0 Å². The number of sulfonamides is 1. The molecule has 0 aromatic heterocycles. The molecular formula is C21H26FN3O3S. The maximum atomic E-state index is 14.4. The molecule has 0 unspecified atom stereocenters. The van der Waals surface area contributed by atoms with E-state index in [4.69, 9.17) is 0 Å². The summed E-state index contributed by atoms with van der Waals surface area (Å²) in [4.78, 5) is 16.6. The number of anilines is 1. The van der Waals surface area contributed by atoms with Gasteiger partial charge < -0.3 is 9.80 Å². The minimum atomic E-state index is -3.76. The van der Waals surface area contributed by atoms with E-state index in [1.165, 1.54) is 10.4 Å². The number of hydrogen-bond acceptors (Lipinski definition) is 4. The van der Waals surface area contributed by atoms with E-state index < -0.39 is 21.7 Å². The molecule has 0 aliphatic carbocycles. The molecule has 3 rings (SSSR count). The molecule has 0 atom stereocenters. The Labute approximate surface area is 171 Å². The van der Waals surface area contributed by atoms with Crippen LogP contribution >= 0.6 is 0 Å². The summed E-state index contributed by atoms with van der Waals surface area (Å²) in [6.45, 7) is 6.25. The summed E-state index contributed by atoms with van der Waals surface area (Å²) in [6.07, 6.45) is 0. The van der Waals surface area contributed by atoms with E-state index in [1.54, 1.807) is 18.7 Å². The summed E-state index contributed by atoms with van der Waals surface area (Å²) in [5.41, 5.74) is 0.879. The molecule has 6 nitrogen and oxygen atoms in total. The minimum absolute atomic E-state index is 0.0612. The Morgan fingerprint density at radius 3 is 2.21 bits per heavy atom. The molecule has 29 heavy (non-hydrogen) atoms. The quantitative estimate of drug-likeness (QED) is 0.723. The minimum Gasteiger partial charge on any atom is -0.368 e. The van der Waals surface area contributed by atoms with Gasteiger partial charge >= 0.3 is 0 Å². The van der Waals surface area contributed by atoms with Gasteiger partial charge in [0, 0.05) is 45.0 Å². The smallest absolute Gasteiger partial charge is 0.256 e. The Morgan fingerprint density at radius 2 is 1.62 bits per heavy atom. The van der Waals surface area contributed by atoms with Gasteiger partial charge in [-0.05, 0) is 30.3 Å². The monoisotopic (exact) mass is 419 g/mol. The van der Waals surface area contributed by atoms with Gasteiger partial charge in [-0.1, -0.05) is 32.0 Å². The molecule has 1 amide bonds. The van der Waals surface area contributed by atoms with Crippen molar-refractivity contribution < 1.29 is 17.6 Å². The molecule has 156 valence electrons. The van der Waals surface area contributed by atoms with E-state index in [-0.39, 0.29) is 10.5 Å². The molecule has 0 saturated carbocycles. The SMILES string of the molecule is CCN(CC)S(=O)(=O)c1ccc(F)c(C(=O)N2CCN(c3ccccc3)CC2)c1. The fourth-order valence-electron chi connectivity index (χ4n) is 3.52. The lowest BCUT2D eigenvalue weighted by Crippen LogP contribution is -2.49. The lowest BCUT2D eigenvalue weighted by molar-refractivity contribution is 0.0741. The molecule has 1 aliphatic rings. The van der Waals surface area contributed by atoms with Crippen LogP contribution in [0.1, 0.15) is 24.2 Å². The summed E-state index contributed by atoms with van der Waals surface area (Å²) in [5, 5.41) is 0. The number of carbonyl (C=O) groups excluding carboxylic acids is 1. The van der Waals surface area contributed by atoms with Crippen LogP contribution in [-0.2, 0) is 10.0 Å². The first-order valence-corrected chi connectivity index (χ1v) is 11.2.